The molecule has 0 heterocycles. The monoisotopic (exact) mass is 674 g/mol. The number of hydrogen-bond acceptors (Lipinski definition) is 5. The Balaban J connectivity index is 4.28. The molecule has 0 amide bonds. The van der Waals surface area contributed by atoms with Crippen molar-refractivity contribution >= 4 is 34.5 Å². The summed E-state index contributed by atoms with van der Waals surface area (Å²) in [5.74, 6) is 2.21. The Kier molecular flexibility index (Phi) is 33.3. The van der Waals surface area contributed by atoms with Gasteiger partial charge in [0.25, 0.3) is 0 Å². The summed E-state index contributed by atoms with van der Waals surface area (Å²) < 4.78 is 17.5. The normalized spacial score (nSPS) is 14.3. The first-order valence-corrected chi connectivity index (χ1v) is 19.8. The zero-order valence-corrected chi connectivity index (χ0v) is 31.7. The molecule has 5 nitrogen and oxygen atoms in total. The number of thiocarbonyl (C=S) groups is 2. The van der Waals surface area contributed by atoms with Crippen LogP contribution in [0.3, 0.4) is 0 Å². The lowest BCUT2D eigenvalue weighted by molar-refractivity contribution is 0.00937. The molecule has 0 aromatic rings. The van der Waals surface area contributed by atoms with E-state index >= 15 is 0 Å². The van der Waals surface area contributed by atoms with Gasteiger partial charge >= 0.3 is 0 Å². The van der Waals surface area contributed by atoms with Gasteiger partial charge in [-0.05, 0) is 73.8 Å². The summed E-state index contributed by atoms with van der Waals surface area (Å²) in [5, 5.41) is 20.0. The molecule has 7 heteroatoms. The molecule has 0 radical (unpaired) electrons. The highest BCUT2D eigenvalue weighted by atomic mass is 32.1. The van der Waals surface area contributed by atoms with Crippen LogP contribution in [0.25, 0.3) is 0 Å². The van der Waals surface area contributed by atoms with Crippen LogP contribution < -0.4 is 0 Å². The summed E-state index contributed by atoms with van der Waals surface area (Å²) in [7, 11) is 0. The highest BCUT2D eigenvalue weighted by Gasteiger charge is 2.19. The maximum atomic E-state index is 9.85. The molecule has 0 aliphatic rings. The van der Waals surface area contributed by atoms with Crippen molar-refractivity contribution in [3.8, 4) is 0 Å². The maximum Gasteiger partial charge on any atom is 0.156 e. The fourth-order valence-electron chi connectivity index (χ4n) is 6.55. The van der Waals surface area contributed by atoms with Crippen molar-refractivity contribution in [2.45, 2.75) is 169 Å². The van der Waals surface area contributed by atoms with E-state index in [1.807, 2.05) is 0 Å². The average molecular weight is 675 g/mol. The van der Waals surface area contributed by atoms with Gasteiger partial charge in [0.05, 0.1) is 26.4 Å². The van der Waals surface area contributed by atoms with E-state index < -0.39 is 0 Å². The van der Waals surface area contributed by atoms with Crippen molar-refractivity contribution in [1.29, 1.82) is 0 Å². The number of aliphatic hydroxyl groups excluding tert-OH is 2. The largest absolute Gasteiger partial charge is 0.502 e. The van der Waals surface area contributed by atoms with E-state index in [1.165, 1.54) is 103 Å². The first kappa shape index (κ1) is 44.7. The molecule has 0 aliphatic carbocycles. The average Bonchev–Trinajstić information content (AvgIpc) is 3.00. The van der Waals surface area contributed by atoms with E-state index in [0.29, 0.717) is 64.3 Å². The molecular formula is C38H74O5S2. The molecule has 0 fully saturated rings. The minimum absolute atomic E-state index is 0.132. The predicted molar refractivity (Wildman–Crippen MR) is 201 cm³/mol. The first-order chi connectivity index (χ1) is 21.9. The molecule has 0 saturated carbocycles. The Morgan fingerprint density at radius 3 is 1.09 bits per heavy atom. The van der Waals surface area contributed by atoms with Crippen molar-refractivity contribution < 1.29 is 24.4 Å². The fourth-order valence-corrected chi connectivity index (χ4v) is 7.02. The van der Waals surface area contributed by atoms with Crippen LogP contribution in [0.2, 0.25) is 0 Å². The smallest absolute Gasteiger partial charge is 0.156 e. The second kappa shape index (κ2) is 33.6. The van der Waals surface area contributed by atoms with Crippen molar-refractivity contribution in [3.05, 3.63) is 0 Å². The molecule has 0 aliphatic heterocycles. The van der Waals surface area contributed by atoms with Gasteiger partial charge in [-0.2, -0.15) is 0 Å². The number of ether oxygens (including phenoxy) is 3. The number of aliphatic hydroxyl groups is 2. The summed E-state index contributed by atoms with van der Waals surface area (Å²) in [4.78, 5) is 0. The third kappa shape index (κ3) is 30.7. The highest BCUT2D eigenvalue weighted by Crippen LogP contribution is 2.29. The molecule has 268 valence electrons. The van der Waals surface area contributed by atoms with Crippen LogP contribution in [-0.4, -0.2) is 60.0 Å². The van der Waals surface area contributed by atoms with E-state index in [-0.39, 0.29) is 10.1 Å². The Bertz CT molecular complexity index is 608. The lowest BCUT2D eigenvalue weighted by Gasteiger charge is -2.23. The van der Waals surface area contributed by atoms with Crippen LogP contribution in [0, 0.1) is 23.7 Å². The molecular weight excluding hydrogens is 601 g/mol. The standard InChI is InChI=1S/C38H74O5S2/c1-5-9-13-15-19-33(17-11-7-3)29-35(31-37(39)44)21-23-41-25-27-43-28-26-42-24-22-36(32-38(40)45)30-34(18-12-8-4)20-16-14-10-6-2/h33-36H,5-32H2,1-4H3,(H,39,44)(H,40,45). The number of unbranched alkanes of at least 4 members (excludes halogenated alkanes) is 8. The van der Waals surface area contributed by atoms with Crippen LogP contribution >= 0.6 is 24.4 Å². The third-order valence-corrected chi connectivity index (χ3v) is 9.54. The van der Waals surface area contributed by atoms with Crippen molar-refractivity contribution in [2.24, 2.45) is 23.7 Å². The zero-order chi connectivity index (χ0) is 33.4. The van der Waals surface area contributed by atoms with Crippen molar-refractivity contribution in [2.75, 3.05) is 39.6 Å². The van der Waals surface area contributed by atoms with Gasteiger partial charge in [-0.15, -0.1) is 0 Å². The van der Waals surface area contributed by atoms with Crippen LogP contribution in [0.4, 0.5) is 0 Å². The van der Waals surface area contributed by atoms with Gasteiger partial charge in [0.15, 0.2) is 10.1 Å². The molecule has 0 rings (SSSR count). The van der Waals surface area contributed by atoms with Crippen LogP contribution in [0.1, 0.15) is 169 Å². The number of rotatable bonds is 36. The summed E-state index contributed by atoms with van der Waals surface area (Å²) in [6.07, 6.45) is 26.0. The van der Waals surface area contributed by atoms with Gasteiger partial charge in [-0.3, -0.25) is 0 Å². The quantitative estimate of drug-likeness (QED) is 0.0506. The van der Waals surface area contributed by atoms with Crippen molar-refractivity contribution in [1.82, 2.24) is 0 Å². The fraction of sp³-hybridized carbons (Fsp3) is 0.947. The summed E-state index contributed by atoms with van der Waals surface area (Å²) >= 11 is 10.1. The van der Waals surface area contributed by atoms with Gasteiger partial charge in [0.1, 0.15) is 0 Å². The SMILES string of the molecule is CCCCCCC(CCCC)CC(CCOCCOCCOCCC(CC(O)=S)CC(CCCC)CCCCCC)CC(O)=S. The molecule has 45 heavy (non-hydrogen) atoms. The summed E-state index contributed by atoms with van der Waals surface area (Å²) in [6.45, 7) is 12.7. The van der Waals surface area contributed by atoms with Gasteiger partial charge < -0.3 is 24.4 Å². The van der Waals surface area contributed by atoms with Crippen molar-refractivity contribution in [3.63, 3.8) is 0 Å². The van der Waals surface area contributed by atoms with Crippen LogP contribution in [0.5, 0.6) is 0 Å². The first-order valence-electron chi connectivity index (χ1n) is 19.0. The zero-order valence-electron chi connectivity index (χ0n) is 30.0. The Morgan fingerprint density at radius 2 is 0.756 bits per heavy atom. The van der Waals surface area contributed by atoms with E-state index in [9.17, 15) is 10.2 Å². The van der Waals surface area contributed by atoms with E-state index in [0.717, 1.165) is 37.5 Å². The van der Waals surface area contributed by atoms with Gasteiger partial charge in [0, 0.05) is 26.1 Å². The molecule has 4 unspecified atom stereocenters. The molecule has 0 aromatic carbocycles. The van der Waals surface area contributed by atoms with Gasteiger partial charge in [0.2, 0.25) is 0 Å². The van der Waals surface area contributed by atoms with E-state index in [2.05, 4.69) is 27.7 Å². The Morgan fingerprint density at radius 1 is 0.422 bits per heavy atom. The lowest BCUT2D eigenvalue weighted by atomic mass is 9.84. The van der Waals surface area contributed by atoms with Crippen LogP contribution in [0.15, 0.2) is 0 Å². The lowest BCUT2D eigenvalue weighted by Crippen LogP contribution is -2.17. The second-order valence-electron chi connectivity index (χ2n) is 13.5. The third-order valence-electron chi connectivity index (χ3n) is 9.21. The predicted octanol–water partition coefficient (Wildman–Crippen LogP) is 11.9. The minimum Gasteiger partial charge on any atom is -0.502 e. The number of hydrogen-bond donors (Lipinski definition) is 2. The molecule has 0 saturated heterocycles. The second-order valence-corrected chi connectivity index (χ2v) is 14.5. The summed E-state index contributed by atoms with van der Waals surface area (Å²) in [6, 6.07) is 0. The Hall–Kier alpha value is -0.340. The maximum absolute atomic E-state index is 9.85. The minimum atomic E-state index is 0.132. The highest BCUT2D eigenvalue weighted by molar-refractivity contribution is 7.80. The topological polar surface area (TPSA) is 68.2 Å². The molecule has 2 N–H and O–H groups in total. The van der Waals surface area contributed by atoms with Gasteiger partial charge in [-0.1, -0.05) is 130 Å². The van der Waals surface area contributed by atoms with Crippen LogP contribution in [-0.2, 0) is 14.2 Å². The summed E-state index contributed by atoms with van der Waals surface area (Å²) in [5.41, 5.74) is 0. The molecule has 0 aromatic heterocycles. The Labute approximate surface area is 290 Å². The molecule has 4 atom stereocenters. The van der Waals surface area contributed by atoms with E-state index in [1.54, 1.807) is 0 Å². The van der Waals surface area contributed by atoms with E-state index in [4.69, 9.17) is 38.6 Å². The molecule has 0 spiro atoms. The van der Waals surface area contributed by atoms with Gasteiger partial charge in [-0.25, -0.2) is 0 Å². The molecule has 0 bridgehead atoms.